The molecule has 1 heterocycles. The summed E-state index contributed by atoms with van der Waals surface area (Å²) in [5, 5.41) is 2.69. The zero-order chi connectivity index (χ0) is 22.4. The lowest BCUT2D eigenvalue weighted by molar-refractivity contribution is -0.151. The number of benzene rings is 2. The third kappa shape index (κ3) is 5.48. The summed E-state index contributed by atoms with van der Waals surface area (Å²) in [5.74, 6) is -2.37. The van der Waals surface area contributed by atoms with Crippen molar-refractivity contribution in [3.8, 4) is 0 Å². The molecule has 0 spiro atoms. The molecule has 0 radical (unpaired) electrons. The predicted molar refractivity (Wildman–Crippen MR) is 114 cm³/mol. The smallest absolute Gasteiger partial charge is 0.338 e. The number of anilines is 2. The summed E-state index contributed by atoms with van der Waals surface area (Å²) in [6.07, 6.45) is -0.00211. The molecule has 8 heteroatoms. The van der Waals surface area contributed by atoms with E-state index in [9.17, 15) is 19.2 Å². The molecule has 1 aliphatic rings. The lowest BCUT2D eigenvalue weighted by atomic mass is 10.1. The van der Waals surface area contributed by atoms with Crippen molar-refractivity contribution in [1.29, 1.82) is 0 Å². The van der Waals surface area contributed by atoms with Crippen LogP contribution in [0.3, 0.4) is 0 Å². The second-order valence-corrected chi connectivity index (χ2v) is 7.14. The van der Waals surface area contributed by atoms with Crippen LogP contribution in [0.25, 0.3) is 0 Å². The molecule has 1 aliphatic heterocycles. The summed E-state index contributed by atoms with van der Waals surface area (Å²) >= 11 is 0. The maximum atomic E-state index is 12.4. The molecule has 1 fully saturated rings. The van der Waals surface area contributed by atoms with Crippen LogP contribution in [0, 0.1) is 12.8 Å². The van der Waals surface area contributed by atoms with Crippen molar-refractivity contribution in [3.63, 3.8) is 0 Å². The Hall–Kier alpha value is -3.68. The average Bonchev–Trinajstić information content (AvgIpc) is 3.15. The van der Waals surface area contributed by atoms with Gasteiger partial charge in [-0.2, -0.15) is 0 Å². The minimum Gasteiger partial charge on any atom is -0.462 e. The maximum Gasteiger partial charge on any atom is 0.338 e. The van der Waals surface area contributed by atoms with Crippen LogP contribution in [0.15, 0.2) is 48.5 Å². The molecule has 31 heavy (non-hydrogen) atoms. The molecule has 2 aromatic carbocycles. The second-order valence-electron chi connectivity index (χ2n) is 7.14. The highest BCUT2D eigenvalue weighted by Gasteiger charge is 2.36. The van der Waals surface area contributed by atoms with Gasteiger partial charge in [-0.1, -0.05) is 18.2 Å². The first-order valence-corrected chi connectivity index (χ1v) is 9.98. The number of hydrogen-bond donors (Lipinski definition) is 1. The zero-order valence-corrected chi connectivity index (χ0v) is 17.4. The number of amides is 2. The van der Waals surface area contributed by atoms with E-state index < -0.39 is 30.4 Å². The number of carbonyl (C=O) groups is 4. The van der Waals surface area contributed by atoms with Crippen LogP contribution in [-0.2, 0) is 23.9 Å². The normalized spacial score (nSPS) is 15.5. The summed E-state index contributed by atoms with van der Waals surface area (Å²) in [6, 6.07) is 13.7. The summed E-state index contributed by atoms with van der Waals surface area (Å²) in [4.78, 5) is 50.0. The number of hydrogen-bond acceptors (Lipinski definition) is 6. The first kappa shape index (κ1) is 22.0. The Morgan fingerprint density at radius 1 is 1.06 bits per heavy atom. The molecule has 8 nitrogen and oxygen atoms in total. The molecule has 0 unspecified atom stereocenters. The second kappa shape index (κ2) is 9.88. The molecular formula is C23H24N2O6. The SMILES string of the molecule is CCOC(=O)c1ccc(N2C[C@H](C(=O)OCC(=O)Nc3ccccc3C)CC2=O)cc1. The fraction of sp³-hybridized carbons (Fsp3) is 0.304. The molecule has 2 amide bonds. The fourth-order valence-corrected chi connectivity index (χ4v) is 3.26. The third-order valence-corrected chi connectivity index (χ3v) is 4.91. The van der Waals surface area contributed by atoms with Gasteiger partial charge in [-0.3, -0.25) is 14.4 Å². The Kier molecular flexibility index (Phi) is 7.02. The van der Waals surface area contributed by atoms with Gasteiger partial charge in [-0.15, -0.1) is 0 Å². The average molecular weight is 424 g/mol. The maximum absolute atomic E-state index is 12.4. The van der Waals surface area contributed by atoms with Crippen molar-refractivity contribution in [2.45, 2.75) is 20.3 Å². The highest BCUT2D eigenvalue weighted by Crippen LogP contribution is 2.26. The van der Waals surface area contributed by atoms with Gasteiger partial charge < -0.3 is 19.7 Å². The molecule has 1 saturated heterocycles. The quantitative estimate of drug-likeness (QED) is 0.686. The summed E-state index contributed by atoms with van der Waals surface area (Å²) in [7, 11) is 0. The van der Waals surface area contributed by atoms with Crippen LogP contribution in [0.4, 0.5) is 11.4 Å². The molecule has 1 N–H and O–H groups in total. The Morgan fingerprint density at radius 3 is 2.45 bits per heavy atom. The van der Waals surface area contributed by atoms with E-state index in [0.717, 1.165) is 5.56 Å². The largest absolute Gasteiger partial charge is 0.462 e. The van der Waals surface area contributed by atoms with Gasteiger partial charge in [0, 0.05) is 24.3 Å². The number of aryl methyl sites for hydroxylation is 1. The standard InChI is InChI=1S/C23H24N2O6/c1-3-30-22(28)16-8-10-18(11-9-16)25-13-17(12-21(25)27)23(29)31-14-20(26)24-19-7-5-4-6-15(19)2/h4-11,17H,3,12-14H2,1-2H3,(H,24,26)/t17-/m1/s1. The number of esters is 2. The Morgan fingerprint density at radius 2 is 1.77 bits per heavy atom. The lowest BCUT2D eigenvalue weighted by Gasteiger charge is -2.17. The van der Waals surface area contributed by atoms with Crippen molar-refractivity contribution >= 4 is 35.1 Å². The molecule has 0 bridgehead atoms. The highest BCUT2D eigenvalue weighted by molar-refractivity contribution is 6.00. The van der Waals surface area contributed by atoms with Crippen LogP contribution in [0.2, 0.25) is 0 Å². The van der Waals surface area contributed by atoms with E-state index in [1.54, 1.807) is 43.3 Å². The van der Waals surface area contributed by atoms with Crippen molar-refractivity contribution in [2.24, 2.45) is 5.92 Å². The first-order chi connectivity index (χ1) is 14.9. The molecule has 2 aromatic rings. The number of rotatable bonds is 7. The van der Waals surface area contributed by atoms with E-state index >= 15 is 0 Å². The van der Waals surface area contributed by atoms with Crippen molar-refractivity contribution in [2.75, 3.05) is 30.0 Å². The van der Waals surface area contributed by atoms with E-state index in [1.165, 1.54) is 4.90 Å². The van der Waals surface area contributed by atoms with Gasteiger partial charge in [0.15, 0.2) is 6.61 Å². The van der Waals surface area contributed by atoms with Crippen molar-refractivity contribution < 1.29 is 28.7 Å². The van der Waals surface area contributed by atoms with E-state index in [-0.39, 0.29) is 25.5 Å². The van der Waals surface area contributed by atoms with Gasteiger partial charge in [-0.05, 0) is 49.7 Å². The molecule has 0 aromatic heterocycles. The number of ether oxygens (including phenoxy) is 2. The summed E-state index contributed by atoms with van der Waals surface area (Å²) < 4.78 is 10.1. The predicted octanol–water partition coefficient (Wildman–Crippen LogP) is 2.71. The van der Waals surface area contributed by atoms with E-state index in [4.69, 9.17) is 9.47 Å². The van der Waals surface area contributed by atoms with Crippen LogP contribution < -0.4 is 10.2 Å². The van der Waals surface area contributed by atoms with Crippen molar-refractivity contribution in [1.82, 2.24) is 0 Å². The van der Waals surface area contributed by atoms with Gasteiger partial charge in [0.1, 0.15) is 0 Å². The minimum atomic E-state index is -0.663. The van der Waals surface area contributed by atoms with Crippen LogP contribution in [-0.4, -0.2) is 43.5 Å². The Labute approximate surface area is 180 Å². The van der Waals surface area contributed by atoms with E-state index in [1.807, 2.05) is 19.1 Å². The fourth-order valence-electron chi connectivity index (χ4n) is 3.26. The molecule has 0 saturated carbocycles. The van der Waals surface area contributed by atoms with Gasteiger partial charge in [0.2, 0.25) is 5.91 Å². The zero-order valence-electron chi connectivity index (χ0n) is 17.4. The number of nitrogens with one attached hydrogen (secondary N) is 1. The van der Waals surface area contributed by atoms with Gasteiger partial charge in [-0.25, -0.2) is 4.79 Å². The molecular weight excluding hydrogens is 400 g/mol. The molecule has 0 aliphatic carbocycles. The van der Waals surface area contributed by atoms with E-state index in [2.05, 4.69) is 5.32 Å². The highest BCUT2D eigenvalue weighted by atomic mass is 16.5. The monoisotopic (exact) mass is 424 g/mol. The molecule has 3 rings (SSSR count). The first-order valence-electron chi connectivity index (χ1n) is 9.98. The van der Waals surface area contributed by atoms with Gasteiger partial charge in [0.25, 0.3) is 5.91 Å². The summed E-state index contributed by atoms with van der Waals surface area (Å²) in [6.45, 7) is 3.58. The Bertz CT molecular complexity index is 986. The lowest BCUT2D eigenvalue weighted by Crippen LogP contribution is -2.28. The number of carbonyl (C=O) groups excluding carboxylic acids is 4. The van der Waals surface area contributed by atoms with Crippen LogP contribution >= 0.6 is 0 Å². The topological polar surface area (TPSA) is 102 Å². The number of para-hydroxylation sites is 1. The summed E-state index contributed by atoms with van der Waals surface area (Å²) in [5.41, 5.74) is 2.50. The van der Waals surface area contributed by atoms with Crippen LogP contribution in [0.1, 0.15) is 29.3 Å². The van der Waals surface area contributed by atoms with E-state index in [0.29, 0.717) is 16.9 Å². The number of nitrogens with zero attached hydrogens (tertiary/aromatic N) is 1. The Balaban J connectivity index is 1.53. The van der Waals surface area contributed by atoms with Crippen molar-refractivity contribution in [3.05, 3.63) is 59.7 Å². The molecule has 162 valence electrons. The molecule has 1 atom stereocenters. The van der Waals surface area contributed by atoms with Gasteiger partial charge in [0.05, 0.1) is 18.1 Å². The van der Waals surface area contributed by atoms with Crippen LogP contribution in [0.5, 0.6) is 0 Å². The van der Waals surface area contributed by atoms with Gasteiger partial charge >= 0.3 is 11.9 Å². The third-order valence-electron chi connectivity index (χ3n) is 4.91. The minimum absolute atomic E-state index is 0.00211.